The predicted molar refractivity (Wildman–Crippen MR) is 61.0 cm³/mol. The maximum absolute atomic E-state index is 10.7. The molecule has 0 heterocycles. The highest BCUT2D eigenvalue weighted by molar-refractivity contribution is 5.70. The molecule has 5 nitrogen and oxygen atoms in total. The summed E-state index contributed by atoms with van der Waals surface area (Å²) in [6, 6.07) is -0.945. The van der Waals surface area contributed by atoms with Crippen LogP contribution in [0, 0.1) is 16.0 Å². The van der Waals surface area contributed by atoms with E-state index in [0.717, 1.165) is 32.1 Å². The number of unbranched alkanes of at least 4 members (excludes halogenated alkanes) is 4. The Bertz CT molecular complexity index is 230. The van der Waals surface area contributed by atoms with Crippen molar-refractivity contribution in [1.29, 1.82) is 0 Å². The van der Waals surface area contributed by atoms with Crippen LogP contribution in [0.4, 0.5) is 0 Å². The fourth-order valence-corrected chi connectivity index (χ4v) is 1.66. The molecule has 0 fully saturated rings. The van der Waals surface area contributed by atoms with Crippen LogP contribution < -0.4 is 0 Å². The van der Waals surface area contributed by atoms with E-state index in [4.69, 9.17) is 5.11 Å². The van der Waals surface area contributed by atoms with Crippen LogP contribution in [0.3, 0.4) is 0 Å². The number of hydrogen-bond acceptors (Lipinski definition) is 3. The number of nitrogens with zero attached hydrogens (tertiary/aromatic N) is 1. The van der Waals surface area contributed by atoms with Crippen molar-refractivity contribution in [2.24, 2.45) is 5.92 Å². The largest absolute Gasteiger partial charge is 0.481 e. The molecule has 16 heavy (non-hydrogen) atoms. The molecule has 0 bridgehead atoms. The second-order valence-electron chi connectivity index (χ2n) is 4.18. The first kappa shape index (κ1) is 14.9. The molecule has 0 aromatic carbocycles. The van der Waals surface area contributed by atoms with Gasteiger partial charge in [0.05, 0.1) is 0 Å². The number of nitro groups is 1. The van der Waals surface area contributed by atoms with E-state index < -0.39 is 22.9 Å². The fourth-order valence-electron chi connectivity index (χ4n) is 1.66. The van der Waals surface area contributed by atoms with Gasteiger partial charge in [0.25, 0.3) is 0 Å². The average Bonchev–Trinajstić information content (AvgIpc) is 2.21. The normalized spacial score (nSPS) is 14.4. The summed E-state index contributed by atoms with van der Waals surface area (Å²) in [6.07, 6.45) is 5.39. The summed E-state index contributed by atoms with van der Waals surface area (Å²) in [5.41, 5.74) is 0. The molecule has 0 saturated heterocycles. The summed E-state index contributed by atoms with van der Waals surface area (Å²) in [4.78, 5) is 20.9. The van der Waals surface area contributed by atoms with Crippen LogP contribution >= 0.6 is 0 Å². The van der Waals surface area contributed by atoms with Crippen LogP contribution in [-0.4, -0.2) is 22.0 Å². The van der Waals surface area contributed by atoms with Crippen LogP contribution in [0.25, 0.3) is 0 Å². The molecule has 0 aliphatic heterocycles. The first-order chi connectivity index (χ1) is 7.50. The number of aliphatic carboxylic acids is 1. The van der Waals surface area contributed by atoms with Crippen LogP contribution in [0.2, 0.25) is 0 Å². The third-order valence-electron chi connectivity index (χ3n) is 2.84. The minimum absolute atomic E-state index is 0.365. The Morgan fingerprint density at radius 1 is 1.31 bits per heavy atom. The van der Waals surface area contributed by atoms with Gasteiger partial charge in [-0.25, -0.2) is 0 Å². The highest BCUT2D eigenvalue weighted by atomic mass is 16.6. The number of carbonyl (C=O) groups is 1. The first-order valence-corrected chi connectivity index (χ1v) is 5.87. The molecule has 0 aromatic heterocycles. The monoisotopic (exact) mass is 231 g/mol. The maximum atomic E-state index is 10.7. The molecule has 2 atom stereocenters. The lowest BCUT2D eigenvalue weighted by Gasteiger charge is -2.12. The van der Waals surface area contributed by atoms with Crippen molar-refractivity contribution in [3.8, 4) is 0 Å². The van der Waals surface area contributed by atoms with E-state index in [0.29, 0.717) is 6.42 Å². The summed E-state index contributed by atoms with van der Waals surface area (Å²) in [5.74, 6) is -1.99. The molecule has 0 aliphatic rings. The second-order valence-corrected chi connectivity index (χ2v) is 4.18. The lowest BCUT2D eigenvalue weighted by atomic mass is 9.96. The van der Waals surface area contributed by atoms with Gasteiger partial charge < -0.3 is 5.11 Å². The zero-order valence-electron chi connectivity index (χ0n) is 10.0. The third kappa shape index (κ3) is 5.68. The maximum Gasteiger partial charge on any atom is 0.313 e. The minimum Gasteiger partial charge on any atom is -0.481 e. The van der Waals surface area contributed by atoms with Gasteiger partial charge in [0.2, 0.25) is 6.04 Å². The molecule has 0 saturated carbocycles. The Labute approximate surface area is 96.0 Å². The van der Waals surface area contributed by atoms with E-state index >= 15 is 0 Å². The molecule has 94 valence electrons. The number of rotatable bonds is 9. The zero-order valence-corrected chi connectivity index (χ0v) is 10.0. The van der Waals surface area contributed by atoms with Crippen LogP contribution in [0.15, 0.2) is 0 Å². The van der Waals surface area contributed by atoms with Gasteiger partial charge in [0, 0.05) is 11.3 Å². The van der Waals surface area contributed by atoms with Crippen molar-refractivity contribution >= 4 is 5.97 Å². The lowest BCUT2D eigenvalue weighted by molar-refractivity contribution is -0.530. The van der Waals surface area contributed by atoms with Crippen LogP contribution in [0.5, 0.6) is 0 Å². The Hall–Kier alpha value is -1.13. The van der Waals surface area contributed by atoms with Gasteiger partial charge in [-0.05, 0) is 13.3 Å². The Kier molecular flexibility index (Phi) is 7.50. The van der Waals surface area contributed by atoms with Crippen molar-refractivity contribution in [2.75, 3.05) is 0 Å². The summed E-state index contributed by atoms with van der Waals surface area (Å²) in [7, 11) is 0. The van der Waals surface area contributed by atoms with Gasteiger partial charge in [-0.2, -0.15) is 0 Å². The van der Waals surface area contributed by atoms with Crippen molar-refractivity contribution in [3.05, 3.63) is 10.1 Å². The molecular formula is C11H21NO4. The molecule has 0 aromatic rings. The number of carboxylic acids is 1. The Balaban J connectivity index is 3.96. The quantitative estimate of drug-likeness (QED) is 0.376. The van der Waals surface area contributed by atoms with E-state index in [1.165, 1.54) is 6.92 Å². The van der Waals surface area contributed by atoms with Crippen LogP contribution in [-0.2, 0) is 4.79 Å². The van der Waals surface area contributed by atoms with Crippen molar-refractivity contribution in [3.63, 3.8) is 0 Å². The summed E-state index contributed by atoms with van der Waals surface area (Å²) in [6.45, 7) is 3.51. The van der Waals surface area contributed by atoms with Gasteiger partial charge >= 0.3 is 5.97 Å². The third-order valence-corrected chi connectivity index (χ3v) is 2.84. The SMILES string of the molecule is CCCCCCCC([C@H](C)C(=O)O)[N+](=O)[O-]. The van der Waals surface area contributed by atoms with Crippen molar-refractivity contribution in [2.45, 2.75) is 58.4 Å². The highest BCUT2D eigenvalue weighted by Crippen LogP contribution is 2.16. The van der Waals surface area contributed by atoms with Gasteiger partial charge in [-0.15, -0.1) is 0 Å². The molecule has 0 radical (unpaired) electrons. The van der Waals surface area contributed by atoms with Gasteiger partial charge in [0.15, 0.2) is 0 Å². The van der Waals surface area contributed by atoms with Crippen molar-refractivity contribution in [1.82, 2.24) is 0 Å². The molecular weight excluding hydrogens is 210 g/mol. The summed E-state index contributed by atoms with van der Waals surface area (Å²) >= 11 is 0. The highest BCUT2D eigenvalue weighted by Gasteiger charge is 2.32. The first-order valence-electron chi connectivity index (χ1n) is 5.87. The Morgan fingerprint density at radius 2 is 1.88 bits per heavy atom. The van der Waals surface area contributed by atoms with Gasteiger partial charge in [-0.3, -0.25) is 14.9 Å². The van der Waals surface area contributed by atoms with E-state index in [1.807, 2.05) is 0 Å². The predicted octanol–water partition coefficient (Wildman–Crippen LogP) is 2.71. The fraction of sp³-hybridized carbons (Fsp3) is 0.909. The molecule has 1 N–H and O–H groups in total. The van der Waals surface area contributed by atoms with Crippen LogP contribution in [0.1, 0.15) is 52.4 Å². The minimum atomic E-state index is -1.09. The number of carboxylic acid groups (broad SMARTS) is 1. The summed E-state index contributed by atoms with van der Waals surface area (Å²) < 4.78 is 0. The summed E-state index contributed by atoms with van der Waals surface area (Å²) in [5, 5.41) is 19.4. The van der Waals surface area contributed by atoms with E-state index in [-0.39, 0.29) is 0 Å². The standard InChI is InChI=1S/C11H21NO4/c1-3-4-5-6-7-8-10(12(15)16)9(2)11(13)14/h9-10H,3-8H2,1-2H3,(H,13,14)/t9-,10?/m0/s1. The van der Waals surface area contributed by atoms with E-state index in [9.17, 15) is 14.9 Å². The number of hydrogen-bond donors (Lipinski definition) is 1. The second kappa shape index (κ2) is 8.07. The molecule has 0 amide bonds. The zero-order chi connectivity index (χ0) is 12.6. The molecule has 0 rings (SSSR count). The topological polar surface area (TPSA) is 80.4 Å². The smallest absolute Gasteiger partial charge is 0.313 e. The van der Waals surface area contributed by atoms with E-state index in [2.05, 4.69) is 6.92 Å². The molecule has 0 spiro atoms. The van der Waals surface area contributed by atoms with Gasteiger partial charge in [-0.1, -0.05) is 32.6 Å². The average molecular weight is 231 g/mol. The van der Waals surface area contributed by atoms with Gasteiger partial charge in [0.1, 0.15) is 5.92 Å². The van der Waals surface area contributed by atoms with E-state index in [1.54, 1.807) is 0 Å². The lowest BCUT2D eigenvalue weighted by Crippen LogP contribution is -2.32. The molecule has 5 heteroatoms. The Morgan fingerprint density at radius 3 is 2.31 bits per heavy atom. The van der Waals surface area contributed by atoms with Crippen molar-refractivity contribution < 1.29 is 14.8 Å². The molecule has 1 unspecified atom stereocenters. The molecule has 0 aliphatic carbocycles.